The van der Waals surface area contributed by atoms with Crippen molar-refractivity contribution in [3.05, 3.63) is 36.1 Å². The van der Waals surface area contributed by atoms with Crippen LogP contribution in [0.25, 0.3) is 11.0 Å². The fraction of sp³-hybridized carbons (Fsp3) is 0.500. The van der Waals surface area contributed by atoms with E-state index in [-0.39, 0.29) is 24.1 Å². The van der Waals surface area contributed by atoms with E-state index in [9.17, 15) is 13.2 Å². The van der Waals surface area contributed by atoms with E-state index in [1.165, 1.54) is 0 Å². The summed E-state index contributed by atoms with van der Waals surface area (Å²) in [5.41, 5.74) is 1.67. The number of nitrogens with zero attached hydrogens (tertiary/aromatic N) is 2. The van der Waals surface area contributed by atoms with Crippen LogP contribution in [-0.2, 0) is 21.2 Å². The number of benzene rings is 1. The third kappa shape index (κ3) is 3.18. The summed E-state index contributed by atoms with van der Waals surface area (Å²) >= 11 is 0. The zero-order valence-corrected chi connectivity index (χ0v) is 14.9. The van der Waals surface area contributed by atoms with Gasteiger partial charge in [-0.2, -0.15) is 4.31 Å². The van der Waals surface area contributed by atoms with Crippen molar-refractivity contribution in [2.75, 3.05) is 25.4 Å². The van der Waals surface area contributed by atoms with Crippen LogP contribution >= 0.6 is 0 Å². The van der Waals surface area contributed by atoms with E-state index in [1.54, 1.807) is 10.6 Å². The predicted molar refractivity (Wildman–Crippen MR) is 94.6 cm³/mol. The Labute approximate surface area is 147 Å². The molecule has 4 rings (SSSR count). The number of carbonyl (C=O) groups excluding carboxylic acids is 1. The Hall–Kier alpha value is -1.86. The van der Waals surface area contributed by atoms with Gasteiger partial charge in [0.15, 0.2) is 0 Å². The molecular formula is C18H22N2O4S. The van der Waals surface area contributed by atoms with Crippen molar-refractivity contribution < 1.29 is 17.6 Å². The summed E-state index contributed by atoms with van der Waals surface area (Å²) in [6, 6.07) is 7.60. The molecule has 7 heteroatoms. The zero-order valence-electron chi connectivity index (χ0n) is 14.1. The summed E-state index contributed by atoms with van der Waals surface area (Å²) in [5.74, 6) is 0.270. The van der Waals surface area contributed by atoms with Crippen LogP contribution in [0, 0.1) is 0 Å². The molecule has 0 bridgehead atoms. The second kappa shape index (κ2) is 6.46. The van der Waals surface area contributed by atoms with Gasteiger partial charge in [-0.25, -0.2) is 8.42 Å². The van der Waals surface area contributed by atoms with Crippen molar-refractivity contribution in [2.45, 2.75) is 31.7 Å². The number of fused-ring (bicyclic) bond motifs is 1. The Kier molecular flexibility index (Phi) is 4.29. The molecule has 2 saturated heterocycles. The second-order valence-corrected chi connectivity index (χ2v) is 8.89. The average Bonchev–Trinajstić information content (AvgIpc) is 3.18. The van der Waals surface area contributed by atoms with E-state index in [2.05, 4.69) is 0 Å². The van der Waals surface area contributed by atoms with Gasteiger partial charge in [-0.05, 0) is 25.3 Å². The molecule has 2 aromatic rings. The highest BCUT2D eigenvalue weighted by molar-refractivity contribution is 7.89. The Balaban J connectivity index is 1.47. The highest BCUT2D eigenvalue weighted by atomic mass is 32.2. The van der Waals surface area contributed by atoms with E-state index in [1.807, 2.05) is 29.2 Å². The number of sulfonamides is 1. The van der Waals surface area contributed by atoms with E-state index in [0.29, 0.717) is 26.1 Å². The fourth-order valence-corrected chi connectivity index (χ4v) is 5.69. The van der Waals surface area contributed by atoms with Gasteiger partial charge in [-0.3, -0.25) is 4.79 Å². The Morgan fingerprint density at radius 1 is 1.20 bits per heavy atom. The lowest BCUT2D eigenvalue weighted by molar-refractivity contribution is -0.132. The maximum atomic E-state index is 12.7. The molecule has 1 amide bonds. The van der Waals surface area contributed by atoms with Crippen molar-refractivity contribution >= 4 is 26.9 Å². The van der Waals surface area contributed by atoms with Gasteiger partial charge in [0.1, 0.15) is 5.58 Å². The van der Waals surface area contributed by atoms with Gasteiger partial charge >= 0.3 is 0 Å². The number of likely N-dealkylation sites (tertiary alicyclic amines) is 1. The lowest BCUT2D eigenvalue weighted by Gasteiger charge is -2.36. The molecule has 25 heavy (non-hydrogen) atoms. The maximum Gasteiger partial charge on any atom is 0.227 e. The summed E-state index contributed by atoms with van der Waals surface area (Å²) in [5, 5.41) is 0.964. The maximum absolute atomic E-state index is 12.7. The van der Waals surface area contributed by atoms with Crippen LogP contribution in [0.3, 0.4) is 0 Å². The predicted octanol–water partition coefficient (Wildman–Crippen LogP) is 2.00. The summed E-state index contributed by atoms with van der Waals surface area (Å²) in [7, 11) is -3.13. The largest absolute Gasteiger partial charge is 0.464 e. The van der Waals surface area contributed by atoms with Crippen LogP contribution in [0.2, 0.25) is 0 Å². The molecule has 3 heterocycles. The number of hydrogen-bond acceptors (Lipinski definition) is 4. The number of para-hydroxylation sites is 1. The smallest absolute Gasteiger partial charge is 0.227 e. The molecule has 1 aromatic carbocycles. The molecule has 134 valence electrons. The molecule has 1 unspecified atom stereocenters. The molecule has 0 N–H and O–H groups in total. The van der Waals surface area contributed by atoms with Gasteiger partial charge in [0, 0.05) is 36.6 Å². The number of hydrogen-bond donors (Lipinski definition) is 0. The lowest BCUT2D eigenvalue weighted by Crippen LogP contribution is -2.50. The standard InChI is InChI=1S/C18H22N2O4S/c21-18(11-14-13-24-17-7-2-1-6-16(14)17)19-8-3-5-15(12-19)20-9-4-10-25(20,22)23/h1-2,6-7,13,15H,3-5,8-12H2. The first kappa shape index (κ1) is 16.6. The van der Waals surface area contributed by atoms with Crippen LogP contribution < -0.4 is 0 Å². The number of amides is 1. The normalized spacial score (nSPS) is 24.0. The summed E-state index contributed by atoms with van der Waals surface area (Å²) in [6.45, 7) is 1.77. The van der Waals surface area contributed by atoms with Gasteiger partial charge in [-0.1, -0.05) is 18.2 Å². The highest BCUT2D eigenvalue weighted by Crippen LogP contribution is 2.25. The molecule has 1 atom stereocenters. The van der Waals surface area contributed by atoms with E-state index < -0.39 is 10.0 Å². The number of rotatable bonds is 3. The number of carbonyl (C=O) groups is 1. The van der Waals surface area contributed by atoms with Crippen molar-refractivity contribution in [2.24, 2.45) is 0 Å². The highest BCUT2D eigenvalue weighted by Gasteiger charge is 2.37. The van der Waals surface area contributed by atoms with Gasteiger partial charge in [0.2, 0.25) is 15.9 Å². The van der Waals surface area contributed by atoms with E-state index >= 15 is 0 Å². The summed E-state index contributed by atoms with van der Waals surface area (Å²) < 4.78 is 31.4. The quantitative estimate of drug-likeness (QED) is 0.837. The van der Waals surface area contributed by atoms with Crippen LogP contribution in [0.15, 0.2) is 34.9 Å². The minimum absolute atomic E-state index is 0.0350. The van der Waals surface area contributed by atoms with Crippen LogP contribution in [0.1, 0.15) is 24.8 Å². The van der Waals surface area contributed by atoms with E-state index in [0.717, 1.165) is 29.4 Å². The first-order valence-corrected chi connectivity index (χ1v) is 10.4. The first-order valence-electron chi connectivity index (χ1n) is 8.77. The number of furan rings is 1. The van der Waals surface area contributed by atoms with Crippen molar-refractivity contribution in [3.63, 3.8) is 0 Å². The fourth-order valence-electron chi connectivity index (χ4n) is 3.93. The minimum Gasteiger partial charge on any atom is -0.464 e. The van der Waals surface area contributed by atoms with Gasteiger partial charge in [0.05, 0.1) is 18.4 Å². The molecule has 2 aliphatic rings. The molecule has 0 spiro atoms. The minimum atomic E-state index is -3.13. The Bertz CT molecular complexity index is 889. The first-order chi connectivity index (χ1) is 12.0. The zero-order chi connectivity index (χ0) is 17.4. The lowest BCUT2D eigenvalue weighted by atomic mass is 10.0. The van der Waals surface area contributed by atoms with Crippen LogP contribution in [0.4, 0.5) is 0 Å². The summed E-state index contributed by atoms with van der Waals surface area (Å²) in [6.07, 6.45) is 4.30. The number of piperidine rings is 1. The van der Waals surface area contributed by atoms with Gasteiger partial charge < -0.3 is 9.32 Å². The van der Waals surface area contributed by atoms with Crippen molar-refractivity contribution in [3.8, 4) is 0 Å². The third-order valence-electron chi connectivity index (χ3n) is 5.20. The van der Waals surface area contributed by atoms with Crippen molar-refractivity contribution in [1.82, 2.24) is 9.21 Å². The van der Waals surface area contributed by atoms with Crippen LogP contribution in [0.5, 0.6) is 0 Å². The van der Waals surface area contributed by atoms with Crippen molar-refractivity contribution in [1.29, 1.82) is 0 Å². The van der Waals surface area contributed by atoms with E-state index in [4.69, 9.17) is 4.42 Å². The molecule has 2 fully saturated rings. The molecule has 0 aliphatic carbocycles. The van der Waals surface area contributed by atoms with Gasteiger partial charge in [0.25, 0.3) is 0 Å². The summed E-state index contributed by atoms with van der Waals surface area (Å²) in [4.78, 5) is 14.6. The molecule has 0 radical (unpaired) electrons. The Morgan fingerprint density at radius 3 is 2.84 bits per heavy atom. The molecule has 1 aromatic heterocycles. The molecular weight excluding hydrogens is 340 g/mol. The Morgan fingerprint density at radius 2 is 2.04 bits per heavy atom. The topological polar surface area (TPSA) is 70.8 Å². The second-order valence-electron chi connectivity index (χ2n) is 6.85. The SMILES string of the molecule is O=C(Cc1coc2ccccc12)N1CCCC(N2CCCS2(=O)=O)C1. The molecule has 2 aliphatic heterocycles. The third-order valence-corrected chi connectivity index (χ3v) is 7.20. The van der Waals surface area contributed by atoms with Crippen LogP contribution in [-0.4, -0.2) is 55.0 Å². The monoisotopic (exact) mass is 362 g/mol. The molecule has 0 saturated carbocycles. The van der Waals surface area contributed by atoms with Gasteiger partial charge in [-0.15, -0.1) is 0 Å². The average molecular weight is 362 g/mol. The molecule has 6 nitrogen and oxygen atoms in total.